The predicted octanol–water partition coefficient (Wildman–Crippen LogP) is 1.50. The highest BCUT2D eigenvalue weighted by Gasteiger charge is 2.22. The standard InChI is InChI=1S/C11H14FNO2/c1-7-2-3-8(12)11(14)10(7)9-6-15-5-4-13-9/h2-3,9,13-14H,4-6H2,1H3/t9-/m1/s1. The number of halogens is 1. The van der Waals surface area contributed by atoms with Crippen molar-refractivity contribution in [1.29, 1.82) is 0 Å². The third-order valence-corrected chi connectivity index (χ3v) is 2.66. The second-order valence-electron chi connectivity index (χ2n) is 3.71. The molecule has 4 heteroatoms. The van der Waals surface area contributed by atoms with E-state index in [2.05, 4.69) is 5.32 Å². The molecule has 0 bridgehead atoms. The van der Waals surface area contributed by atoms with Gasteiger partial charge >= 0.3 is 0 Å². The monoisotopic (exact) mass is 211 g/mol. The van der Waals surface area contributed by atoms with Crippen LogP contribution < -0.4 is 5.32 Å². The summed E-state index contributed by atoms with van der Waals surface area (Å²) in [7, 11) is 0. The largest absolute Gasteiger partial charge is 0.505 e. The Morgan fingerprint density at radius 1 is 1.53 bits per heavy atom. The Morgan fingerprint density at radius 2 is 2.33 bits per heavy atom. The predicted molar refractivity (Wildman–Crippen MR) is 54.4 cm³/mol. The highest BCUT2D eigenvalue weighted by atomic mass is 19.1. The molecule has 1 fully saturated rings. The lowest BCUT2D eigenvalue weighted by atomic mass is 9.99. The molecule has 3 nitrogen and oxygen atoms in total. The Hall–Kier alpha value is -1.13. The Kier molecular flexibility index (Phi) is 2.88. The van der Waals surface area contributed by atoms with Crippen LogP contribution in [0.5, 0.6) is 5.75 Å². The number of ether oxygens (including phenoxy) is 1. The van der Waals surface area contributed by atoms with E-state index >= 15 is 0 Å². The van der Waals surface area contributed by atoms with Crippen molar-refractivity contribution in [2.45, 2.75) is 13.0 Å². The highest BCUT2D eigenvalue weighted by molar-refractivity contribution is 5.42. The van der Waals surface area contributed by atoms with Crippen LogP contribution in [0.25, 0.3) is 0 Å². The van der Waals surface area contributed by atoms with Gasteiger partial charge in [0.1, 0.15) is 0 Å². The van der Waals surface area contributed by atoms with Crippen LogP contribution in [-0.4, -0.2) is 24.9 Å². The van der Waals surface area contributed by atoms with Crippen molar-refractivity contribution in [3.05, 3.63) is 29.1 Å². The van der Waals surface area contributed by atoms with E-state index in [1.54, 1.807) is 6.07 Å². The van der Waals surface area contributed by atoms with E-state index in [0.29, 0.717) is 18.8 Å². The molecular formula is C11H14FNO2. The molecule has 1 aromatic rings. The van der Waals surface area contributed by atoms with Crippen LogP contribution >= 0.6 is 0 Å². The zero-order chi connectivity index (χ0) is 10.8. The van der Waals surface area contributed by atoms with E-state index < -0.39 is 5.82 Å². The lowest BCUT2D eigenvalue weighted by molar-refractivity contribution is 0.0757. The maximum absolute atomic E-state index is 13.2. The van der Waals surface area contributed by atoms with Crippen molar-refractivity contribution in [3.63, 3.8) is 0 Å². The SMILES string of the molecule is Cc1ccc(F)c(O)c1[C@H]1COCCN1. The van der Waals surface area contributed by atoms with Gasteiger partial charge in [-0.25, -0.2) is 4.39 Å². The summed E-state index contributed by atoms with van der Waals surface area (Å²) in [6, 6.07) is 2.83. The van der Waals surface area contributed by atoms with E-state index in [-0.39, 0.29) is 11.8 Å². The Balaban J connectivity index is 2.36. The summed E-state index contributed by atoms with van der Waals surface area (Å²) < 4.78 is 18.5. The number of benzene rings is 1. The lowest BCUT2D eigenvalue weighted by Crippen LogP contribution is -2.35. The lowest BCUT2D eigenvalue weighted by Gasteiger charge is -2.26. The molecule has 1 aliphatic heterocycles. The topological polar surface area (TPSA) is 41.5 Å². The van der Waals surface area contributed by atoms with Crippen molar-refractivity contribution in [1.82, 2.24) is 5.32 Å². The van der Waals surface area contributed by atoms with E-state index in [9.17, 15) is 9.50 Å². The fraction of sp³-hybridized carbons (Fsp3) is 0.455. The molecule has 1 heterocycles. The van der Waals surface area contributed by atoms with Crippen LogP contribution in [0.1, 0.15) is 17.2 Å². The van der Waals surface area contributed by atoms with Crippen molar-refractivity contribution in [2.24, 2.45) is 0 Å². The Bertz CT molecular complexity index is 362. The molecule has 0 unspecified atom stereocenters. The molecule has 1 aliphatic rings. The van der Waals surface area contributed by atoms with E-state index in [0.717, 1.165) is 12.1 Å². The summed E-state index contributed by atoms with van der Waals surface area (Å²) in [5.41, 5.74) is 1.48. The minimum absolute atomic E-state index is 0.116. The van der Waals surface area contributed by atoms with Crippen LogP contribution in [0.2, 0.25) is 0 Å². The molecule has 0 aromatic heterocycles. The van der Waals surface area contributed by atoms with Gasteiger partial charge in [0.05, 0.1) is 19.3 Å². The van der Waals surface area contributed by atoms with Crippen LogP contribution in [-0.2, 0) is 4.74 Å². The molecule has 1 atom stereocenters. The van der Waals surface area contributed by atoms with Gasteiger partial charge in [-0.15, -0.1) is 0 Å². The first-order valence-electron chi connectivity index (χ1n) is 4.99. The maximum atomic E-state index is 13.2. The summed E-state index contributed by atoms with van der Waals surface area (Å²) in [6.07, 6.45) is 0. The first kappa shape index (κ1) is 10.4. The number of phenols is 1. The van der Waals surface area contributed by atoms with Crippen molar-refractivity contribution < 1.29 is 14.2 Å². The zero-order valence-corrected chi connectivity index (χ0v) is 8.59. The normalized spacial score (nSPS) is 21.6. The number of morpholine rings is 1. The molecule has 1 aromatic carbocycles. The number of aromatic hydroxyl groups is 1. The van der Waals surface area contributed by atoms with Gasteiger partial charge in [-0.3, -0.25) is 0 Å². The van der Waals surface area contributed by atoms with Gasteiger partial charge in [-0.05, 0) is 18.6 Å². The van der Waals surface area contributed by atoms with Crippen LogP contribution in [0.4, 0.5) is 4.39 Å². The third kappa shape index (κ3) is 1.96. The average molecular weight is 211 g/mol. The van der Waals surface area contributed by atoms with Gasteiger partial charge in [-0.1, -0.05) is 6.07 Å². The minimum atomic E-state index is -0.581. The smallest absolute Gasteiger partial charge is 0.165 e. The van der Waals surface area contributed by atoms with Gasteiger partial charge < -0.3 is 15.2 Å². The Morgan fingerprint density at radius 3 is 3.00 bits per heavy atom. The number of rotatable bonds is 1. The number of nitrogens with one attached hydrogen (secondary N) is 1. The second kappa shape index (κ2) is 4.16. The summed E-state index contributed by atoms with van der Waals surface area (Å²) in [5.74, 6) is -0.846. The summed E-state index contributed by atoms with van der Waals surface area (Å²) >= 11 is 0. The van der Waals surface area contributed by atoms with Crippen molar-refractivity contribution >= 4 is 0 Å². The summed E-state index contributed by atoms with van der Waals surface area (Å²) in [4.78, 5) is 0. The summed E-state index contributed by atoms with van der Waals surface area (Å²) in [5, 5.41) is 12.9. The van der Waals surface area contributed by atoms with Gasteiger partial charge in [0.2, 0.25) is 0 Å². The molecule has 0 amide bonds. The van der Waals surface area contributed by atoms with Gasteiger partial charge in [-0.2, -0.15) is 0 Å². The zero-order valence-electron chi connectivity index (χ0n) is 8.59. The van der Waals surface area contributed by atoms with Gasteiger partial charge in [0, 0.05) is 12.1 Å². The first-order chi connectivity index (χ1) is 7.20. The average Bonchev–Trinajstić information content (AvgIpc) is 2.26. The molecule has 0 radical (unpaired) electrons. The fourth-order valence-electron chi connectivity index (χ4n) is 1.87. The molecule has 2 N–H and O–H groups in total. The van der Waals surface area contributed by atoms with E-state index in [4.69, 9.17) is 4.74 Å². The number of hydrogen-bond acceptors (Lipinski definition) is 3. The molecule has 0 aliphatic carbocycles. The van der Waals surface area contributed by atoms with E-state index in [1.165, 1.54) is 6.07 Å². The third-order valence-electron chi connectivity index (χ3n) is 2.66. The molecule has 15 heavy (non-hydrogen) atoms. The number of hydrogen-bond donors (Lipinski definition) is 2. The first-order valence-corrected chi connectivity index (χ1v) is 4.99. The van der Waals surface area contributed by atoms with Gasteiger partial charge in [0.25, 0.3) is 0 Å². The molecule has 82 valence electrons. The Labute approximate surface area is 87.9 Å². The highest BCUT2D eigenvalue weighted by Crippen LogP contribution is 2.31. The fourth-order valence-corrected chi connectivity index (χ4v) is 1.87. The quantitative estimate of drug-likeness (QED) is 0.739. The van der Waals surface area contributed by atoms with Gasteiger partial charge in [0.15, 0.2) is 11.6 Å². The molecule has 0 saturated carbocycles. The second-order valence-corrected chi connectivity index (χ2v) is 3.71. The number of phenolic OH excluding ortho intramolecular Hbond substituents is 1. The maximum Gasteiger partial charge on any atom is 0.165 e. The molecule has 2 rings (SSSR count). The summed E-state index contributed by atoms with van der Waals surface area (Å²) in [6.45, 7) is 3.70. The van der Waals surface area contributed by atoms with Crippen LogP contribution in [0, 0.1) is 12.7 Å². The molecular weight excluding hydrogens is 197 g/mol. The molecule has 1 saturated heterocycles. The van der Waals surface area contributed by atoms with Crippen molar-refractivity contribution in [3.8, 4) is 5.75 Å². The minimum Gasteiger partial charge on any atom is -0.505 e. The number of aryl methyl sites for hydroxylation is 1. The van der Waals surface area contributed by atoms with Crippen LogP contribution in [0.15, 0.2) is 12.1 Å². The van der Waals surface area contributed by atoms with Crippen molar-refractivity contribution in [2.75, 3.05) is 19.8 Å². The molecule has 0 spiro atoms. The van der Waals surface area contributed by atoms with E-state index in [1.807, 2.05) is 6.92 Å². The van der Waals surface area contributed by atoms with Crippen LogP contribution in [0.3, 0.4) is 0 Å².